The number of amides is 1. The van der Waals surface area contributed by atoms with Crippen LogP contribution >= 0.6 is 0 Å². The van der Waals surface area contributed by atoms with E-state index in [4.69, 9.17) is 5.10 Å². The van der Waals surface area contributed by atoms with Gasteiger partial charge in [-0.25, -0.2) is 17.4 Å². The van der Waals surface area contributed by atoms with Crippen LogP contribution in [0.3, 0.4) is 0 Å². The summed E-state index contributed by atoms with van der Waals surface area (Å²) in [6.07, 6.45) is 1.03. The van der Waals surface area contributed by atoms with Crippen molar-refractivity contribution in [1.29, 1.82) is 0 Å². The van der Waals surface area contributed by atoms with Crippen LogP contribution in [0, 0.1) is 12.8 Å². The number of aryl methyl sites for hydroxylation is 1. The molecule has 0 spiro atoms. The predicted octanol–water partition coefficient (Wildman–Crippen LogP) is 3.91. The first-order valence-corrected chi connectivity index (χ1v) is 12.9. The van der Waals surface area contributed by atoms with E-state index in [0.29, 0.717) is 38.3 Å². The van der Waals surface area contributed by atoms with Crippen LogP contribution in [0.5, 0.6) is 0 Å². The fourth-order valence-electron chi connectivity index (χ4n) is 4.15. The van der Waals surface area contributed by atoms with Crippen molar-refractivity contribution in [2.24, 2.45) is 5.92 Å². The van der Waals surface area contributed by atoms with Gasteiger partial charge in [-0.05, 0) is 38.3 Å². The monoisotopic (exact) mass is 466 g/mol. The Labute approximate surface area is 195 Å². The van der Waals surface area contributed by atoms with E-state index in [1.54, 1.807) is 6.92 Å². The van der Waals surface area contributed by atoms with Crippen LogP contribution in [0.25, 0.3) is 11.3 Å². The second-order valence-electron chi connectivity index (χ2n) is 8.49. The van der Waals surface area contributed by atoms with Gasteiger partial charge in [-0.3, -0.25) is 4.79 Å². The summed E-state index contributed by atoms with van der Waals surface area (Å²) in [7, 11) is -3.21. The molecule has 8 heteroatoms. The summed E-state index contributed by atoms with van der Waals surface area (Å²) in [4.78, 5) is 13.1. The smallest absolute Gasteiger partial charge is 0.228 e. The SMILES string of the molecule is CCS(=O)(=O)N1CCC(C(=O)Nc2cc(-c3cccc(C)c3)nn2Cc2ccccc2)CC1. The molecule has 0 saturated carbocycles. The number of carbonyl (C=O) groups excluding carboxylic acids is 1. The number of hydrogen-bond acceptors (Lipinski definition) is 4. The van der Waals surface area contributed by atoms with Gasteiger partial charge in [0.25, 0.3) is 0 Å². The van der Waals surface area contributed by atoms with Crippen LogP contribution in [-0.4, -0.2) is 47.3 Å². The van der Waals surface area contributed by atoms with Crippen molar-refractivity contribution in [3.63, 3.8) is 0 Å². The van der Waals surface area contributed by atoms with Crippen molar-refractivity contribution >= 4 is 21.7 Å². The van der Waals surface area contributed by atoms with E-state index < -0.39 is 10.0 Å². The molecule has 1 saturated heterocycles. The third-order valence-electron chi connectivity index (χ3n) is 6.10. The summed E-state index contributed by atoms with van der Waals surface area (Å²) in [5.74, 6) is 0.415. The molecular weight excluding hydrogens is 436 g/mol. The van der Waals surface area contributed by atoms with E-state index in [1.165, 1.54) is 4.31 Å². The number of nitrogens with zero attached hydrogens (tertiary/aromatic N) is 3. The van der Waals surface area contributed by atoms with Gasteiger partial charge in [-0.1, -0.05) is 54.1 Å². The third kappa shape index (κ3) is 5.51. The third-order valence-corrected chi connectivity index (χ3v) is 7.98. The Morgan fingerprint density at radius 1 is 1.06 bits per heavy atom. The molecule has 33 heavy (non-hydrogen) atoms. The molecule has 1 aromatic heterocycles. The van der Waals surface area contributed by atoms with Crippen molar-refractivity contribution < 1.29 is 13.2 Å². The molecule has 174 valence electrons. The van der Waals surface area contributed by atoms with Gasteiger partial charge in [0, 0.05) is 30.6 Å². The molecule has 0 atom stereocenters. The molecule has 7 nitrogen and oxygen atoms in total. The van der Waals surface area contributed by atoms with Crippen LogP contribution in [0.2, 0.25) is 0 Å². The molecule has 1 aliphatic heterocycles. The Kier molecular flexibility index (Phi) is 6.95. The molecule has 2 heterocycles. The maximum absolute atomic E-state index is 13.1. The van der Waals surface area contributed by atoms with E-state index in [0.717, 1.165) is 22.4 Å². The Morgan fingerprint density at radius 2 is 1.79 bits per heavy atom. The number of nitrogens with one attached hydrogen (secondary N) is 1. The van der Waals surface area contributed by atoms with Crippen LogP contribution in [0.15, 0.2) is 60.7 Å². The summed E-state index contributed by atoms with van der Waals surface area (Å²) in [6.45, 7) is 4.99. The quantitative estimate of drug-likeness (QED) is 0.572. The highest BCUT2D eigenvalue weighted by molar-refractivity contribution is 7.89. The number of rotatable bonds is 7. The van der Waals surface area contributed by atoms with Gasteiger partial charge in [0.1, 0.15) is 5.82 Å². The summed E-state index contributed by atoms with van der Waals surface area (Å²) in [5, 5.41) is 7.85. The second-order valence-corrected chi connectivity index (χ2v) is 10.7. The molecule has 0 radical (unpaired) electrons. The Bertz CT molecular complexity index is 1210. The Balaban J connectivity index is 1.54. The lowest BCUT2D eigenvalue weighted by atomic mass is 9.97. The lowest BCUT2D eigenvalue weighted by Gasteiger charge is -2.30. The maximum Gasteiger partial charge on any atom is 0.228 e. The van der Waals surface area contributed by atoms with Crippen LogP contribution in [0.4, 0.5) is 5.82 Å². The predicted molar refractivity (Wildman–Crippen MR) is 130 cm³/mol. The number of sulfonamides is 1. The fraction of sp³-hybridized carbons (Fsp3) is 0.360. The molecule has 0 unspecified atom stereocenters. The second kappa shape index (κ2) is 9.89. The largest absolute Gasteiger partial charge is 0.311 e. The molecule has 0 aliphatic carbocycles. The molecule has 1 aliphatic rings. The minimum atomic E-state index is -3.21. The first kappa shape index (κ1) is 23.2. The molecule has 1 N–H and O–H groups in total. The average molecular weight is 467 g/mol. The highest BCUT2D eigenvalue weighted by Gasteiger charge is 2.30. The van der Waals surface area contributed by atoms with Crippen molar-refractivity contribution in [2.45, 2.75) is 33.2 Å². The number of carbonyl (C=O) groups is 1. The van der Waals surface area contributed by atoms with Gasteiger partial charge in [-0.2, -0.15) is 5.10 Å². The van der Waals surface area contributed by atoms with Gasteiger partial charge in [0.2, 0.25) is 15.9 Å². The maximum atomic E-state index is 13.1. The first-order valence-electron chi connectivity index (χ1n) is 11.3. The normalized spacial score (nSPS) is 15.5. The Hall–Kier alpha value is -2.97. The molecular formula is C25H30N4O3S. The van der Waals surface area contributed by atoms with Gasteiger partial charge >= 0.3 is 0 Å². The zero-order valence-corrected chi connectivity index (χ0v) is 19.9. The topological polar surface area (TPSA) is 84.3 Å². The number of anilines is 1. The first-order chi connectivity index (χ1) is 15.9. The van der Waals surface area contributed by atoms with E-state index in [2.05, 4.69) is 11.4 Å². The van der Waals surface area contributed by atoms with Gasteiger partial charge in [0.05, 0.1) is 18.0 Å². The summed E-state index contributed by atoms with van der Waals surface area (Å²) in [5.41, 5.74) is 4.03. The van der Waals surface area contributed by atoms with Crippen molar-refractivity contribution in [1.82, 2.24) is 14.1 Å². The molecule has 4 rings (SSSR count). The number of benzene rings is 2. The van der Waals surface area contributed by atoms with E-state index in [1.807, 2.05) is 66.2 Å². The minimum Gasteiger partial charge on any atom is -0.311 e. The minimum absolute atomic E-state index is 0.0876. The van der Waals surface area contributed by atoms with Crippen molar-refractivity contribution in [3.05, 3.63) is 71.8 Å². The van der Waals surface area contributed by atoms with Gasteiger partial charge in [-0.15, -0.1) is 0 Å². The number of aromatic nitrogens is 2. The fourth-order valence-corrected chi connectivity index (χ4v) is 5.28. The van der Waals surface area contributed by atoms with E-state index in [9.17, 15) is 13.2 Å². The van der Waals surface area contributed by atoms with Gasteiger partial charge < -0.3 is 5.32 Å². The number of piperidine rings is 1. The van der Waals surface area contributed by atoms with Crippen molar-refractivity contribution in [2.75, 3.05) is 24.2 Å². The molecule has 1 amide bonds. The van der Waals surface area contributed by atoms with Crippen molar-refractivity contribution in [3.8, 4) is 11.3 Å². The lowest BCUT2D eigenvalue weighted by molar-refractivity contribution is -0.121. The zero-order valence-electron chi connectivity index (χ0n) is 19.1. The summed E-state index contributed by atoms with van der Waals surface area (Å²) >= 11 is 0. The highest BCUT2D eigenvalue weighted by Crippen LogP contribution is 2.26. The molecule has 2 aromatic carbocycles. The average Bonchev–Trinajstić information content (AvgIpc) is 3.22. The van der Waals surface area contributed by atoms with E-state index in [-0.39, 0.29) is 17.6 Å². The van der Waals surface area contributed by atoms with E-state index >= 15 is 0 Å². The number of hydrogen-bond donors (Lipinski definition) is 1. The summed E-state index contributed by atoms with van der Waals surface area (Å²) < 4.78 is 27.5. The lowest BCUT2D eigenvalue weighted by Crippen LogP contribution is -2.42. The highest BCUT2D eigenvalue weighted by atomic mass is 32.2. The van der Waals surface area contributed by atoms with Crippen LogP contribution in [-0.2, 0) is 21.4 Å². The van der Waals surface area contributed by atoms with Gasteiger partial charge in [0.15, 0.2) is 0 Å². The Morgan fingerprint density at radius 3 is 2.45 bits per heavy atom. The van der Waals surface area contributed by atoms with Crippen LogP contribution < -0.4 is 5.32 Å². The molecule has 3 aromatic rings. The zero-order chi connectivity index (χ0) is 23.4. The molecule has 0 bridgehead atoms. The van der Waals surface area contributed by atoms with Crippen LogP contribution in [0.1, 0.15) is 30.9 Å². The molecule has 1 fully saturated rings. The standard InChI is InChI=1S/C25H30N4O3S/c1-3-33(31,32)28-14-12-21(13-15-28)25(30)26-24-17-23(22-11-7-8-19(2)16-22)27-29(24)18-20-9-5-4-6-10-20/h4-11,16-17,21H,3,12-15,18H2,1-2H3,(H,26,30). The summed E-state index contributed by atoms with van der Waals surface area (Å²) in [6, 6.07) is 20.0.